The predicted octanol–water partition coefficient (Wildman–Crippen LogP) is 5.38. The van der Waals surface area contributed by atoms with E-state index in [1.807, 2.05) is 0 Å². The van der Waals surface area contributed by atoms with E-state index in [0.29, 0.717) is 6.07 Å². The summed E-state index contributed by atoms with van der Waals surface area (Å²) >= 11 is 11.4. The molecule has 1 amide bonds. The Morgan fingerprint density at radius 1 is 1.17 bits per heavy atom. The van der Waals surface area contributed by atoms with Crippen LogP contribution in [0.1, 0.15) is 5.56 Å². The quantitative estimate of drug-likeness (QED) is 0.278. The van der Waals surface area contributed by atoms with E-state index in [2.05, 4.69) is 10.6 Å². The number of benzene rings is 2. The summed E-state index contributed by atoms with van der Waals surface area (Å²) in [6.45, 7) is 0. The Balaban J connectivity index is 2.28. The maximum Gasteiger partial charge on any atom is 0.418 e. The molecule has 0 atom stereocenters. The smallest absolute Gasteiger partial charge is 0.360 e. The third kappa shape index (κ3) is 5.60. The first-order chi connectivity index (χ1) is 13.5. The normalized spacial score (nSPS) is 11.5. The second-order valence-corrected chi connectivity index (χ2v) is 6.22. The number of non-ortho nitro benzene ring substituents is 1. The Kier molecular flexibility index (Phi) is 6.68. The molecule has 150 valence electrons. The van der Waals surface area contributed by atoms with E-state index in [1.54, 1.807) is 0 Å². The number of nitrogens with one attached hydrogen (secondary N) is 2. The lowest BCUT2D eigenvalue weighted by atomic mass is 10.1. The highest BCUT2D eigenvalue weighted by atomic mass is 35.5. The molecule has 0 aromatic heterocycles. The molecule has 0 aliphatic rings. The highest BCUT2D eigenvalue weighted by Crippen LogP contribution is 2.36. The summed E-state index contributed by atoms with van der Waals surface area (Å²) < 4.78 is 39.3. The number of nitro groups is 1. The van der Waals surface area contributed by atoms with Gasteiger partial charge in [0.15, 0.2) is 0 Å². The van der Waals surface area contributed by atoms with E-state index in [1.165, 1.54) is 18.2 Å². The molecule has 0 heterocycles. The fourth-order valence-corrected chi connectivity index (χ4v) is 2.42. The van der Waals surface area contributed by atoms with Crippen molar-refractivity contribution < 1.29 is 22.9 Å². The van der Waals surface area contributed by atoms with Crippen molar-refractivity contribution in [3.05, 3.63) is 73.9 Å². The van der Waals surface area contributed by atoms with Crippen LogP contribution >= 0.6 is 23.2 Å². The van der Waals surface area contributed by atoms with Crippen LogP contribution in [0.4, 0.5) is 30.2 Å². The van der Waals surface area contributed by atoms with Crippen molar-refractivity contribution in [2.24, 2.45) is 0 Å². The summed E-state index contributed by atoms with van der Waals surface area (Å²) in [5.74, 6) is -1.04. The van der Waals surface area contributed by atoms with Gasteiger partial charge in [-0.05, 0) is 24.3 Å². The molecular formula is C17H9Cl2F3N4O3. The molecular weight excluding hydrogens is 436 g/mol. The van der Waals surface area contributed by atoms with Crippen LogP contribution in [0.15, 0.2) is 48.2 Å². The molecule has 29 heavy (non-hydrogen) atoms. The average molecular weight is 445 g/mol. The number of hydrogen-bond donors (Lipinski definition) is 2. The third-order valence-electron chi connectivity index (χ3n) is 3.43. The van der Waals surface area contributed by atoms with E-state index in [9.17, 15) is 28.1 Å². The zero-order valence-electron chi connectivity index (χ0n) is 14.1. The molecule has 2 N–H and O–H groups in total. The van der Waals surface area contributed by atoms with Gasteiger partial charge in [-0.25, -0.2) is 0 Å². The summed E-state index contributed by atoms with van der Waals surface area (Å²) in [5, 5.41) is 24.2. The fourth-order valence-electron chi connectivity index (χ4n) is 2.09. The zero-order valence-corrected chi connectivity index (χ0v) is 15.6. The van der Waals surface area contributed by atoms with Crippen LogP contribution in [0.3, 0.4) is 0 Å². The Hall–Kier alpha value is -3.29. The van der Waals surface area contributed by atoms with Crippen LogP contribution < -0.4 is 10.6 Å². The summed E-state index contributed by atoms with van der Waals surface area (Å²) in [7, 11) is 0. The van der Waals surface area contributed by atoms with Crippen LogP contribution in [0, 0.1) is 21.4 Å². The van der Waals surface area contributed by atoms with Gasteiger partial charge in [-0.1, -0.05) is 23.2 Å². The van der Waals surface area contributed by atoms with Crippen molar-refractivity contribution in [2.45, 2.75) is 6.18 Å². The van der Waals surface area contributed by atoms with Crippen molar-refractivity contribution in [1.29, 1.82) is 5.26 Å². The lowest BCUT2D eigenvalue weighted by molar-refractivity contribution is -0.384. The van der Waals surface area contributed by atoms with Gasteiger partial charge in [-0.15, -0.1) is 0 Å². The van der Waals surface area contributed by atoms with E-state index in [0.717, 1.165) is 24.4 Å². The number of halogens is 5. The van der Waals surface area contributed by atoms with Crippen LogP contribution in [0.5, 0.6) is 0 Å². The van der Waals surface area contributed by atoms with E-state index in [4.69, 9.17) is 28.5 Å². The molecule has 0 saturated heterocycles. The third-order valence-corrected chi connectivity index (χ3v) is 4.00. The summed E-state index contributed by atoms with van der Waals surface area (Å²) in [6.07, 6.45) is -3.97. The van der Waals surface area contributed by atoms with Crippen molar-refractivity contribution >= 4 is 46.2 Å². The maximum atomic E-state index is 13.1. The highest BCUT2D eigenvalue weighted by Gasteiger charge is 2.33. The van der Waals surface area contributed by atoms with Crippen molar-refractivity contribution in [1.82, 2.24) is 0 Å². The molecule has 7 nitrogen and oxygen atoms in total. The molecule has 2 rings (SSSR count). The van der Waals surface area contributed by atoms with Gasteiger partial charge < -0.3 is 10.6 Å². The number of alkyl halides is 3. The first-order valence-corrected chi connectivity index (χ1v) is 8.27. The van der Waals surface area contributed by atoms with Crippen LogP contribution in [-0.4, -0.2) is 10.8 Å². The van der Waals surface area contributed by atoms with E-state index < -0.39 is 33.8 Å². The number of amides is 1. The SMILES string of the molecule is N#C/C(=C/Nc1ccc(Cl)cc1C(F)(F)F)C(=O)Nc1cc([N+](=O)[O-])ccc1Cl. The number of nitriles is 1. The largest absolute Gasteiger partial charge is 0.418 e. The van der Waals surface area contributed by atoms with Gasteiger partial charge in [0.25, 0.3) is 11.6 Å². The van der Waals surface area contributed by atoms with Gasteiger partial charge in [-0.3, -0.25) is 14.9 Å². The van der Waals surface area contributed by atoms with Crippen molar-refractivity contribution in [3.63, 3.8) is 0 Å². The minimum atomic E-state index is -4.73. The summed E-state index contributed by atoms with van der Waals surface area (Å²) in [5.41, 5.74) is -2.64. The van der Waals surface area contributed by atoms with Gasteiger partial charge in [0.2, 0.25) is 0 Å². The molecule has 0 spiro atoms. The Morgan fingerprint density at radius 3 is 2.45 bits per heavy atom. The van der Waals surface area contributed by atoms with Crippen molar-refractivity contribution in [2.75, 3.05) is 10.6 Å². The molecule has 12 heteroatoms. The number of nitro benzene ring substituents is 1. The fraction of sp³-hybridized carbons (Fsp3) is 0.0588. The molecule has 2 aromatic carbocycles. The molecule has 0 fully saturated rings. The molecule has 0 unspecified atom stereocenters. The summed E-state index contributed by atoms with van der Waals surface area (Å²) in [6, 6.07) is 7.70. The second kappa shape index (κ2) is 8.81. The zero-order chi connectivity index (χ0) is 21.8. The van der Waals surface area contributed by atoms with E-state index >= 15 is 0 Å². The number of carbonyl (C=O) groups excluding carboxylic acids is 1. The minimum absolute atomic E-state index is 0.0359. The molecule has 2 aromatic rings. The first-order valence-electron chi connectivity index (χ1n) is 7.51. The molecule has 0 aliphatic carbocycles. The average Bonchev–Trinajstić information content (AvgIpc) is 2.64. The number of rotatable bonds is 5. The molecule has 0 aliphatic heterocycles. The Morgan fingerprint density at radius 2 is 1.86 bits per heavy atom. The van der Waals surface area contributed by atoms with Crippen molar-refractivity contribution in [3.8, 4) is 6.07 Å². The lowest BCUT2D eigenvalue weighted by Crippen LogP contribution is -2.15. The maximum absolute atomic E-state index is 13.1. The summed E-state index contributed by atoms with van der Waals surface area (Å²) in [4.78, 5) is 22.3. The monoisotopic (exact) mass is 444 g/mol. The molecule has 0 radical (unpaired) electrons. The number of carbonyl (C=O) groups is 1. The number of hydrogen-bond acceptors (Lipinski definition) is 5. The molecule has 0 saturated carbocycles. The van der Waals surface area contributed by atoms with Gasteiger partial charge in [0.1, 0.15) is 11.6 Å². The topological polar surface area (TPSA) is 108 Å². The first kappa shape index (κ1) is 22.0. The highest BCUT2D eigenvalue weighted by molar-refractivity contribution is 6.34. The predicted molar refractivity (Wildman–Crippen MR) is 101 cm³/mol. The van der Waals surface area contributed by atoms with Gasteiger partial charge in [0, 0.05) is 23.4 Å². The number of nitrogens with zero attached hydrogens (tertiary/aromatic N) is 2. The Bertz CT molecular complexity index is 1050. The Labute approximate surface area is 171 Å². The standard InChI is InChI=1S/C17H9Cl2F3N4O3/c18-10-1-4-14(12(5-10)17(20,21)22)24-8-9(7-23)16(27)25-15-6-11(26(28)29)2-3-13(15)19/h1-6,8,24H,(H,25,27)/b9-8-. The van der Waals surface area contributed by atoms with Crippen LogP contribution in [0.25, 0.3) is 0 Å². The lowest BCUT2D eigenvalue weighted by Gasteiger charge is -2.13. The number of anilines is 2. The van der Waals surface area contributed by atoms with Crippen LogP contribution in [-0.2, 0) is 11.0 Å². The van der Waals surface area contributed by atoms with Crippen LogP contribution in [0.2, 0.25) is 10.0 Å². The van der Waals surface area contributed by atoms with Gasteiger partial charge in [0.05, 0.1) is 26.9 Å². The van der Waals surface area contributed by atoms with E-state index in [-0.39, 0.29) is 21.4 Å². The minimum Gasteiger partial charge on any atom is -0.360 e. The van der Waals surface area contributed by atoms with Gasteiger partial charge >= 0.3 is 6.18 Å². The molecule has 0 bridgehead atoms. The van der Waals surface area contributed by atoms with Gasteiger partial charge in [-0.2, -0.15) is 18.4 Å². The second-order valence-electron chi connectivity index (χ2n) is 5.38.